The second-order valence-corrected chi connectivity index (χ2v) is 3.46. The smallest absolute Gasteiger partial charge is 0.130 e. The Hall–Kier alpha value is -1.03. The van der Waals surface area contributed by atoms with E-state index in [1.165, 1.54) is 0 Å². The van der Waals surface area contributed by atoms with Crippen molar-refractivity contribution in [3.8, 4) is 0 Å². The Balaban J connectivity index is 2.01. The summed E-state index contributed by atoms with van der Waals surface area (Å²) in [7, 11) is 0. The van der Waals surface area contributed by atoms with Gasteiger partial charge in [0, 0.05) is 6.54 Å². The Kier molecular flexibility index (Phi) is 1.55. The molecule has 3 heterocycles. The lowest BCUT2D eigenvalue weighted by Gasteiger charge is -2.28. The molecule has 1 fully saturated rings. The number of rotatable bonds is 0. The Morgan fingerprint density at radius 3 is 3.23 bits per heavy atom. The molecule has 0 amide bonds. The molecule has 4 nitrogen and oxygen atoms in total. The van der Waals surface area contributed by atoms with Gasteiger partial charge in [0.05, 0.1) is 18.0 Å². The quantitative estimate of drug-likeness (QED) is 0.530. The average Bonchev–Trinajstić information content (AvgIpc) is 2.65. The Morgan fingerprint density at radius 2 is 2.23 bits per heavy atom. The Labute approximate surface area is 76.4 Å². The standard InChI is InChI=1S/C9H11N3O/c1-2-7-9(10-3-1)8-6(4-13-7)11-5-12-8/h7H,1-5H2. The predicted molar refractivity (Wildman–Crippen MR) is 51.0 cm³/mol. The van der Waals surface area contributed by atoms with Crippen LogP contribution >= 0.6 is 0 Å². The molecule has 68 valence electrons. The number of hydrogen-bond acceptors (Lipinski definition) is 4. The number of aliphatic imine (C=N–C) groups is 3. The topological polar surface area (TPSA) is 46.3 Å². The molecule has 4 heteroatoms. The van der Waals surface area contributed by atoms with Gasteiger partial charge in [0.2, 0.25) is 0 Å². The fourth-order valence-corrected chi connectivity index (χ4v) is 1.98. The minimum absolute atomic E-state index is 0.199. The number of fused-ring (bicyclic) bond motifs is 3. The summed E-state index contributed by atoms with van der Waals surface area (Å²) in [5.74, 6) is 0. The van der Waals surface area contributed by atoms with Crippen LogP contribution in [0.5, 0.6) is 0 Å². The molecule has 1 unspecified atom stereocenters. The SMILES string of the molecule is C1CN=C2C3=NCN=C3COC2C1. The second-order valence-electron chi connectivity index (χ2n) is 3.46. The highest BCUT2D eigenvalue weighted by molar-refractivity contribution is 6.71. The largest absolute Gasteiger partial charge is 0.365 e. The Bertz CT molecular complexity index is 330. The molecule has 0 saturated carbocycles. The van der Waals surface area contributed by atoms with Crippen molar-refractivity contribution >= 4 is 17.1 Å². The summed E-state index contributed by atoms with van der Waals surface area (Å²) in [4.78, 5) is 13.1. The van der Waals surface area contributed by atoms with E-state index < -0.39 is 0 Å². The molecule has 0 aromatic rings. The Morgan fingerprint density at radius 1 is 1.23 bits per heavy atom. The van der Waals surface area contributed by atoms with Gasteiger partial charge in [-0.2, -0.15) is 0 Å². The summed E-state index contributed by atoms with van der Waals surface area (Å²) >= 11 is 0. The average molecular weight is 177 g/mol. The van der Waals surface area contributed by atoms with Gasteiger partial charge in [-0.15, -0.1) is 0 Å². The van der Waals surface area contributed by atoms with Crippen molar-refractivity contribution in [2.24, 2.45) is 15.0 Å². The van der Waals surface area contributed by atoms with Crippen LogP contribution < -0.4 is 0 Å². The fourth-order valence-electron chi connectivity index (χ4n) is 1.98. The molecule has 0 aromatic carbocycles. The van der Waals surface area contributed by atoms with Crippen LogP contribution in [0, 0.1) is 0 Å². The molecule has 0 radical (unpaired) electrons. The maximum atomic E-state index is 5.65. The highest BCUT2D eigenvalue weighted by Gasteiger charge is 2.33. The lowest BCUT2D eigenvalue weighted by molar-refractivity contribution is 0.119. The molecule has 3 aliphatic heterocycles. The van der Waals surface area contributed by atoms with E-state index in [4.69, 9.17) is 4.74 Å². The maximum absolute atomic E-state index is 5.65. The molecule has 0 N–H and O–H groups in total. The minimum atomic E-state index is 0.199. The summed E-state index contributed by atoms with van der Waals surface area (Å²) < 4.78 is 5.65. The zero-order valence-corrected chi connectivity index (χ0v) is 7.36. The summed E-state index contributed by atoms with van der Waals surface area (Å²) in [5.41, 5.74) is 3.07. The van der Waals surface area contributed by atoms with Crippen LogP contribution in [0.15, 0.2) is 15.0 Å². The van der Waals surface area contributed by atoms with Gasteiger partial charge in [-0.1, -0.05) is 0 Å². The van der Waals surface area contributed by atoms with Crippen LogP contribution in [0.4, 0.5) is 0 Å². The number of ether oxygens (including phenoxy) is 1. The summed E-state index contributed by atoms with van der Waals surface area (Å²) in [6.45, 7) is 2.11. The van der Waals surface area contributed by atoms with E-state index in [-0.39, 0.29) is 6.10 Å². The van der Waals surface area contributed by atoms with Gasteiger partial charge in [-0.25, -0.2) is 0 Å². The zero-order chi connectivity index (χ0) is 8.67. The van der Waals surface area contributed by atoms with Crippen molar-refractivity contribution in [2.75, 3.05) is 19.8 Å². The molecule has 0 aliphatic carbocycles. The van der Waals surface area contributed by atoms with E-state index in [2.05, 4.69) is 15.0 Å². The first-order chi connectivity index (χ1) is 6.45. The third kappa shape index (κ3) is 1.05. The van der Waals surface area contributed by atoms with Crippen molar-refractivity contribution in [3.63, 3.8) is 0 Å². The molecule has 1 saturated heterocycles. The number of hydrogen-bond donors (Lipinski definition) is 0. The first-order valence-corrected chi connectivity index (χ1v) is 4.69. The highest BCUT2D eigenvalue weighted by atomic mass is 16.5. The first-order valence-electron chi connectivity index (χ1n) is 4.69. The number of nitrogens with zero attached hydrogens (tertiary/aromatic N) is 3. The van der Waals surface area contributed by atoms with Crippen molar-refractivity contribution in [1.29, 1.82) is 0 Å². The van der Waals surface area contributed by atoms with Gasteiger partial charge < -0.3 is 4.74 Å². The molecular weight excluding hydrogens is 166 g/mol. The maximum Gasteiger partial charge on any atom is 0.130 e. The minimum Gasteiger partial charge on any atom is -0.365 e. The van der Waals surface area contributed by atoms with Crippen LogP contribution in [-0.2, 0) is 4.74 Å². The van der Waals surface area contributed by atoms with Gasteiger partial charge in [-0.3, -0.25) is 15.0 Å². The molecule has 1 atom stereocenters. The lowest BCUT2D eigenvalue weighted by Crippen LogP contribution is -2.44. The third-order valence-corrected chi connectivity index (χ3v) is 2.64. The summed E-state index contributed by atoms with van der Waals surface area (Å²) in [6, 6.07) is 0. The molecule has 13 heavy (non-hydrogen) atoms. The normalized spacial score (nSPS) is 31.4. The molecule has 3 aliphatic rings. The predicted octanol–water partition coefficient (Wildman–Crippen LogP) is 0.473. The molecule has 0 aromatic heterocycles. The van der Waals surface area contributed by atoms with Crippen molar-refractivity contribution in [2.45, 2.75) is 18.9 Å². The summed E-state index contributed by atoms with van der Waals surface area (Å²) in [6.07, 6.45) is 2.42. The van der Waals surface area contributed by atoms with Crippen LogP contribution in [-0.4, -0.2) is 43.1 Å². The first kappa shape index (κ1) is 7.38. The van der Waals surface area contributed by atoms with E-state index in [9.17, 15) is 0 Å². The van der Waals surface area contributed by atoms with Crippen LogP contribution in [0.2, 0.25) is 0 Å². The van der Waals surface area contributed by atoms with Crippen LogP contribution in [0.25, 0.3) is 0 Å². The van der Waals surface area contributed by atoms with E-state index in [1.54, 1.807) is 0 Å². The molecule has 3 rings (SSSR count). The van der Waals surface area contributed by atoms with E-state index >= 15 is 0 Å². The monoisotopic (exact) mass is 177 g/mol. The van der Waals surface area contributed by atoms with Gasteiger partial charge in [0.25, 0.3) is 0 Å². The zero-order valence-electron chi connectivity index (χ0n) is 7.36. The van der Waals surface area contributed by atoms with Gasteiger partial charge in [0.1, 0.15) is 18.5 Å². The third-order valence-electron chi connectivity index (χ3n) is 2.64. The highest BCUT2D eigenvalue weighted by Crippen LogP contribution is 2.19. The van der Waals surface area contributed by atoms with Gasteiger partial charge >= 0.3 is 0 Å². The van der Waals surface area contributed by atoms with Crippen LogP contribution in [0.3, 0.4) is 0 Å². The van der Waals surface area contributed by atoms with E-state index in [0.717, 1.165) is 36.5 Å². The lowest BCUT2D eigenvalue weighted by atomic mass is 9.96. The van der Waals surface area contributed by atoms with Crippen LogP contribution in [0.1, 0.15) is 12.8 Å². The van der Waals surface area contributed by atoms with Crippen molar-refractivity contribution in [3.05, 3.63) is 0 Å². The second kappa shape index (κ2) is 2.73. The molecule has 0 bridgehead atoms. The van der Waals surface area contributed by atoms with Gasteiger partial charge in [-0.05, 0) is 12.8 Å². The van der Waals surface area contributed by atoms with Gasteiger partial charge in [0.15, 0.2) is 0 Å². The molecule has 0 spiro atoms. The van der Waals surface area contributed by atoms with E-state index in [0.29, 0.717) is 13.3 Å². The fraction of sp³-hybridized carbons (Fsp3) is 0.667. The van der Waals surface area contributed by atoms with Crippen molar-refractivity contribution in [1.82, 2.24) is 0 Å². The summed E-state index contributed by atoms with van der Waals surface area (Å²) in [5, 5.41) is 0. The van der Waals surface area contributed by atoms with Crippen molar-refractivity contribution < 1.29 is 4.74 Å². The molecular formula is C9H11N3O. The van der Waals surface area contributed by atoms with E-state index in [1.807, 2.05) is 0 Å².